The van der Waals surface area contributed by atoms with Gasteiger partial charge in [0.15, 0.2) is 11.5 Å². The predicted octanol–water partition coefficient (Wildman–Crippen LogP) is 2.20. The number of rotatable bonds is 5. The van der Waals surface area contributed by atoms with Gasteiger partial charge in [-0.05, 0) is 35.4 Å². The molecule has 2 aliphatic rings. The third-order valence-electron chi connectivity index (χ3n) is 4.66. The summed E-state index contributed by atoms with van der Waals surface area (Å²) in [6.07, 6.45) is 1.99. The molecule has 0 atom stereocenters. The van der Waals surface area contributed by atoms with Crippen molar-refractivity contribution in [1.29, 1.82) is 0 Å². The monoisotopic (exact) mass is 403 g/mol. The zero-order chi connectivity index (χ0) is 19.3. The molecule has 3 heterocycles. The molecule has 1 aromatic carbocycles. The number of anilines is 1. The number of benzene rings is 1. The average molecular weight is 404 g/mol. The van der Waals surface area contributed by atoms with Crippen LogP contribution in [-0.4, -0.2) is 50.4 Å². The molecule has 1 fully saturated rings. The van der Waals surface area contributed by atoms with E-state index in [0.29, 0.717) is 49.5 Å². The number of carbonyl (C=O) groups is 1. The van der Waals surface area contributed by atoms with Gasteiger partial charge in [0.1, 0.15) is 19.0 Å². The van der Waals surface area contributed by atoms with Gasteiger partial charge in [0, 0.05) is 25.8 Å². The Morgan fingerprint density at radius 1 is 1.11 bits per heavy atom. The minimum absolute atomic E-state index is 0.0857. The van der Waals surface area contributed by atoms with Crippen molar-refractivity contribution < 1.29 is 19.0 Å². The van der Waals surface area contributed by atoms with Crippen molar-refractivity contribution in [3.63, 3.8) is 0 Å². The molecule has 0 spiro atoms. The SMILES string of the molecule is O=C(Cc1cc(Cl)c2c(c1)OCCO2)NCc1ccnc(N2CCOCC2)c1. The molecule has 1 saturated heterocycles. The highest BCUT2D eigenvalue weighted by molar-refractivity contribution is 6.32. The molecule has 0 aliphatic carbocycles. The molecule has 0 unspecified atom stereocenters. The van der Waals surface area contributed by atoms with E-state index in [2.05, 4.69) is 15.2 Å². The number of morpholine rings is 1. The van der Waals surface area contributed by atoms with E-state index >= 15 is 0 Å². The summed E-state index contributed by atoms with van der Waals surface area (Å²) in [7, 11) is 0. The summed E-state index contributed by atoms with van der Waals surface area (Å²) in [5.41, 5.74) is 1.79. The molecular weight excluding hydrogens is 382 g/mol. The summed E-state index contributed by atoms with van der Waals surface area (Å²) in [6, 6.07) is 7.47. The third kappa shape index (κ3) is 4.48. The maximum Gasteiger partial charge on any atom is 0.224 e. The lowest BCUT2D eigenvalue weighted by atomic mass is 10.1. The number of halogens is 1. The first-order valence-corrected chi connectivity index (χ1v) is 9.69. The van der Waals surface area contributed by atoms with Crippen LogP contribution < -0.4 is 19.7 Å². The number of carbonyl (C=O) groups excluding carboxylic acids is 1. The minimum Gasteiger partial charge on any atom is -0.486 e. The van der Waals surface area contributed by atoms with Crippen LogP contribution in [0, 0.1) is 0 Å². The lowest BCUT2D eigenvalue weighted by Gasteiger charge is -2.28. The fraction of sp³-hybridized carbons (Fsp3) is 0.400. The van der Waals surface area contributed by atoms with Crippen LogP contribution in [0.25, 0.3) is 0 Å². The Morgan fingerprint density at radius 3 is 2.79 bits per heavy atom. The second kappa shape index (κ2) is 8.67. The van der Waals surface area contributed by atoms with E-state index in [4.69, 9.17) is 25.8 Å². The van der Waals surface area contributed by atoms with E-state index in [1.54, 1.807) is 12.3 Å². The van der Waals surface area contributed by atoms with Gasteiger partial charge in [-0.3, -0.25) is 4.79 Å². The Balaban J connectivity index is 1.35. The second-order valence-electron chi connectivity index (χ2n) is 6.68. The number of nitrogens with one attached hydrogen (secondary N) is 1. The Kier molecular flexibility index (Phi) is 5.83. The summed E-state index contributed by atoms with van der Waals surface area (Å²) >= 11 is 6.24. The number of amides is 1. The maximum absolute atomic E-state index is 12.4. The Labute approximate surface area is 168 Å². The van der Waals surface area contributed by atoms with Crippen molar-refractivity contribution in [2.75, 3.05) is 44.4 Å². The molecular formula is C20H22ClN3O4. The average Bonchev–Trinajstić information content (AvgIpc) is 2.73. The summed E-state index contributed by atoms with van der Waals surface area (Å²) < 4.78 is 16.4. The third-order valence-corrected chi connectivity index (χ3v) is 4.94. The van der Waals surface area contributed by atoms with Crippen LogP contribution in [-0.2, 0) is 22.5 Å². The molecule has 0 radical (unpaired) electrons. The first kappa shape index (κ1) is 18.8. The molecule has 1 aromatic heterocycles. The molecule has 2 aromatic rings. The van der Waals surface area contributed by atoms with Crippen LogP contribution in [0.4, 0.5) is 5.82 Å². The van der Waals surface area contributed by atoms with E-state index in [1.165, 1.54) is 0 Å². The van der Waals surface area contributed by atoms with E-state index in [9.17, 15) is 4.79 Å². The topological polar surface area (TPSA) is 72.9 Å². The number of fused-ring (bicyclic) bond motifs is 1. The summed E-state index contributed by atoms with van der Waals surface area (Å²) in [6.45, 7) is 4.47. The van der Waals surface area contributed by atoms with Crippen LogP contribution in [0.3, 0.4) is 0 Å². The fourth-order valence-electron chi connectivity index (χ4n) is 3.25. The number of hydrogen-bond acceptors (Lipinski definition) is 6. The van der Waals surface area contributed by atoms with Crippen LogP contribution in [0.1, 0.15) is 11.1 Å². The Morgan fingerprint density at radius 2 is 1.93 bits per heavy atom. The molecule has 0 bridgehead atoms. The van der Waals surface area contributed by atoms with E-state index in [1.807, 2.05) is 18.2 Å². The van der Waals surface area contributed by atoms with Crippen molar-refractivity contribution in [3.8, 4) is 11.5 Å². The molecule has 1 N–H and O–H groups in total. The first-order chi connectivity index (χ1) is 13.7. The standard InChI is InChI=1S/C20H22ClN3O4/c21-16-9-15(10-17-20(16)28-8-7-27-17)12-19(25)23-13-14-1-2-22-18(11-14)24-3-5-26-6-4-24/h1-2,9-11H,3-8,12-13H2,(H,23,25). The smallest absolute Gasteiger partial charge is 0.224 e. The zero-order valence-electron chi connectivity index (χ0n) is 15.4. The zero-order valence-corrected chi connectivity index (χ0v) is 16.2. The van der Waals surface area contributed by atoms with Crippen molar-refractivity contribution >= 4 is 23.3 Å². The maximum atomic E-state index is 12.4. The van der Waals surface area contributed by atoms with E-state index < -0.39 is 0 Å². The van der Waals surface area contributed by atoms with Crippen molar-refractivity contribution in [2.24, 2.45) is 0 Å². The first-order valence-electron chi connectivity index (χ1n) is 9.31. The molecule has 8 heteroatoms. The minimum atomic E-state index is -0.0857. The van der Waals surface area contributed by atoms with Crippen molar-refractivity contribution in [2.45, 2.75) is 13.0 Å². The lowest BCUT2D eigenvalue weighted by Crippen LogP contribution is -2.36. The molecule has 2 aliphatic heterocycles. The molecule has 28 heavy (non-hydrogen) atoms. The quantitative estimate of drug-likeness (QED) is 0.825. The highest BCUT2D eigenvalue weighted by atomic mass is 35.5. The van der Waals surface area contributed by atoms with Gasteiger partial charge in [0.2, 0.25) is 5.91 Å². The predicted molar refractivity (Wildman–Crippen MR) is 105 cm³/mol. The van der Waals surface area contributed by atoms with Gasteiger partial charge in [-0.25, -0.2) is 4.98 Å². The summed E-state index contributed by atoms with van der Waals surface area (Å²) in [4.78, 5) is 19.0. The molecule has 1 amide bonds. The van der Waals surface area contributed by atoms with E-state index in [-0.39, 0.29) is 12.3 Å². The molecule has 4 rings (SSSR count). The Hall–Kier alpha value is -2.51. The van der Waals surface area contributed by atoms with E-state index in [0.717, 1.165) is 30.0 Å². The van der Waals surface area contributed by atoms with Gasteiger partial charge < -0.3 is 24.4 Å². The van der Waals surface area contributed by atoms with Crippen LogP contribution >= 0.6 is 11.6 Å². The van der Waals surface area contributed by atoms with Gasteiger partial charge in [-0.15, -0.1) is 0 Å². The largest absolute Gasteiger partial charge is 0.486 e. The van der Waals surface area contributed by atoms with Crippen LogP contribution in [0.15, 0.2) is 30.5 Å². The van der Waals surface area contributed by atoms with Gasteiger partial charge in [-0.2, -0.15) is 0 Å². The number of nitrogens with zero attached hydrogens (tertiary/aromatic N) is 2. The Bertz CT molecular complexity index is 855. The fourth-order valence-corrected chi connectivity index (χ4v) is 3.54. The van der Waals surface area contributed by atoms with Crippen LogP contribution in [0.5, 0.6) is 11.5 Å². The van der Waals surface area contributed by atoms with Gasteiger partial charge in [0.25, 0.3) is 0 Å². The number of pyridine rings is 1. The lowest BCUT2D eigenvalue weighted by molar-refractivity contribution is -0.120. The summed E-state index contributed by atoms with van der Waals surface area (Å²) in [5.74, 6) is 1.96. The summed E-state index contributed by atoms with van der Waals surface area (Å²) in [5, 5.41) is 3.41. The number of hydrogen-bond donors (Lipinski definition) is 1. The molecule has 0 saturated carbocycles. The highest BCUT2D eigenvalue weighted by Gasteiger charge is 2.18. The number of aromatic nitrogens is 1. The van der Waals surface area contributed by atoms with Crippen LogP contribution in [0.2, 0.25) is 5.02 Å². The van der Waals surface area contributed by atoms with Crippen molar-refractivity contribution in [1.82, 2.24) is 10.3 Å². The van der Waals surface area contributed by atoms with Crippen molar-refractivity contribution in [3.05, 3.63) is 46.6 Å². The highest BCUT2D eigenvalue weighted by Crippen LogP contribution is 2.38. The molecule has 148 valence electrons. The molecule has 7 nitrogen and oxygen atoms in total. The van der Waals surface area contributed by atoms with Gasteiger partial charge in [0.05, 0.1) is 24.7 Å². The van der Waals surface area contributed by atoms with Gasteiger partial charge in [-0.1, -0.05) is 11.6 Å². The number of ether oxygens (including phenoxy) is 3. The van der Waals surface area contributed by atoms with Gasteiger partial charge >= 0.3 is 0 Å². The normalized spacial score (nSPS) is 16.0. The second-order valence-corrected chi connectivity index (χ2v) is 7.08.